The molecule has 114 valence electrons. The lowest BCUT2D eigenvalue weighted by atomic mass is 9.96. The zero-order chi connectivity index (χ0) is 14.4. The fourth-order valence-corrected chi connectivity index (χ4v) is 3.06. The molecule has 6 heteroatoms. The monoisotopic (exact) mass is 283 g/mol. The standard InChI is InChI=1S/C14H25N3O3/c15-14(16-19)12-10-17(7-8-20-12)13(18)9-11-5-3-1-2-4-6-11/h11-12,19H,1-10H2,(H2,15,16). The Balaban J connectivity index is 1.85. The third-order valence-corrected chi connectivity index (χ3v) is 4.30. The summed E-state index contributed by atoms with van der Waals surface area (Å²) in [6, 6.07) is 0. The van der Waals surface area contributed by atoms with Gasteiger partial charge < -0.3 is 20.6 Å². The molecule has 1 saturated heterocycles. The molecule has 0 aromatic rings. The van der Waals surface area contributed by atoms with Crippen LogP contribution in [0.25, 0.3) is 0 Å². The van der Waals surface area contributed by atoms with Gasteiger partial charge in [0.2, 0.25) is 5.91 Å². The molecule has 0 radical (unpaired) electrons. The topological polar surface area (TPSA) is 88.2 Å². The van der Waals surface area contributed by atoms with Crippen molar-refractivity contribution >= 4 is 11.7 Å². The van der Waals surface area contributed by atoms with Gasteiger partial charge in [0.05, 0.1) is 13.2 Å². The lowest BCUT2D eigenvalue weighted by molar-refractivity contribution is -0.137. The Labute approximate surface area is 119 Å². The van der Waals surface area contributed by atoms with Crippen LogP contribution in [0.15, 0.2) is 5.16 Å². The zero-order valence-corrected chi connectivity index (χ0v) is 12.0. The molecule has 0 spiro atoms. The van der Waals surface area contributed by atoms with E-state index in [0.29, 0.717) is 32.0 Å². The highest BCUT2D eigenvalue weighted by Crippen LogP contribution is 2.26. The van der Waals surface area contributed by atoms with Crippen LogP contribution in [0.4, 0.5) is 0 Å². The number of rotatable bonds is 3. The molecule has 1 aliphatic heterocycles. The summed E-state index contributed by atoms with van der Waals surface area (Å²) < 4.78 is 5.41. The second-order valence-corrected chi connectivity index (χ2v) is 5.79. The zero-order valence-electron chi connectivity index (χ0n) is 12.0. The number of amides is 1. The SMILES string of the molecule is NC(=NO)C1CN(C(=O)CC2CCCCCC2)CCO1. The number of oxime groups is 1. The summed E-state index contributed by atoms with van der Waals surface area (Å²) in [4.78, 5) is 14.2. The smallest absolute Gasteiger partial charge is 0.223 e. The number of morpholine rings is 1. The van der Waals surface area contributed by atoms with Crippen molar-refractivity contribution in [2.45, 2.75) is 51.0 Å². The van der Waals surface area contributed by atoms with Gasteiger partial charge in [-0.1, -0.05) is 30.8 Å². The van der Waals surface area contributed by atoms with E-state index in [9.17, 15) is 4.79 Å². The summed E-state index contributed by atoms with van der Waals surface area (Å²) in [5.41, 5.74) is 5.55. The summed E-state index contributed by atoms with van der Waals surface area (Å²) in [7, 11) is 0. The molecule has 6 nitrogen and oxygen atoms in total. The second kappa shape index (κ2) is 7.47. The molecule has 2 rings (SSSR count). The van der Waals surface area contributed by atoms with Gasteiger partial charge in [-0.2, -0.15) is 0 Å². The van der Waals surface area contributed by atoms with Crippen LogP contribution in [0.3, 0.4) is 0 Å². The number of ether oxygens (including phenoxy) is 1. The predicted molar refractivity (Wildman–Crippen MR) is 75.5 cm³/mol. The van der Waals surface area contributed by atoms with Crippen LogP contribution in [0.2, 0.25) is 0 Å². The highest BCUT2D eigenvalue weighted by Gasteiger charge is 2.28. The van der Waals surface area contributed by atoms with Gasteiger partial charge in [0.15, 0.2) is 5.84 Å². The number of hydrogen-bond acceptors (Lipinski definition) is 4. The predicted octanol–water partition coefficient (Wildman–Crippen LogP) is 1.32. The maximum Gasteiger partial charge on any atom is 0.223 e. The Hall–Kier alpha value is -1.30. The third-order valence-electron chi connectivity index (χ3n) is 4.30. The van der Waals surface area contributed by atoms with Crippen molar-refractivity contribution in [3.05, 3.63) is 0 Å². The second-order valence-electron chi connectivity index (χ2n) is 5.79. The normalized spacial score (nSPS) is 26.3. The average Bonchev–Trinajstić information content (AvgIpc) is 2.75. The van der Waals surface area contributed by atoms with E-state index >= 15 is 0 Å². The van der Waals surface area contributed by atoms with Crippen molar-refractivity contribution in [1.82, 2.24) is 4.90 Å². The van der Waals surface area contributed by atoms with Gasteiger partial charge in [0.25, 0.3) is 0 Å². The largest absolute Gasteiger partial charge is 0.409 e. The van der Waals surface area contributed by atoms with Crippen LogP contribution in [0.1, 0.15) is 44.9 Å². The minimum atomic E-state index is -0.480. The Bertz CT molecular complexity index is 352. The minimum Gasteiger partial charge on any atom is -0.409 e. The summed E-state index contributed by atoms with van der Waals surface area (Å²) in [6.45, 7) is 1.43. The van der Waals surface area contributed by atoms with Gasteiger partial charge in [0.1, 0.15) is 6.10 Å². The lowest BCUT2D eigenvalue weighted by Crippen LogP contribution is -2.50. The third kappa shape index (κ3) is 4.10. The van der Waals surface area contributed by atoms with E-state index < -0.39 is 6.10 Å². The highest BCUT2D eigenvalue weighted by molar-refractivity contribution is 5.85. The van der Waals surface area contributed by atoms with Crippen LogP contribution >= 0.6 is 0 Å². The van der Waals surface area contributed by atoms with Gasteiger partial charge in [-0.15, -0.1) is 0 Å². The van der Waals surface area contributed by atoms with Crippen molar-refractivity contribution in [3.8, 4) is 0 Å². The van der Waals surface area contributed by atoms with Crippen molar-refractivity contribution in [1.29, 1.82) is 0 Å². The molecular weight excluding hydrogens is 258 g/mol. The van der Waals surface area contributed by atoms with Crippen molar-refractivity contribution in [2.24, 2.45) is 16.8 Å². The lowest BCUT2D eigenvalue weighted by Gasteiger charge is -2.33. The Morgan fingerprint density at radius 1 is 1.30 bits per heavy atom. The van der Waals surface area contributed by atoms with E-state index in [1.165, 1.54) is 38.5 Å². The maximum absolute atomic E-state index is 12.4. The first-order valence-corrected chi connectivity index (χ1v) is 7.57. The Kier molecular flexibility index (Phi) is 5.64. The first-order valence-electron chi connectivity index (χ1n) is 7.57. The van der Waals surface area contributed by atoms with Crippen LogP contribution in [0, 0.1) is 5.92 Å². The molecule has 20 heavy (non-hydrogen) atoms. The van der Waals surface area contributed by atoms with E-state index in [-0.39, 0.29) is 11.7 Å². The van der Waals surface area contributed by atoms with E-state index in [1.54, 1.807) is 4.90 Å². The molecule has 1 amide bonds. The van der Waals surface area contributed by atoms with Gasteiger partial charge in [-0.3, -0.25) is 4.79 Å². The molecule has 0 bridgehead atoms. The summed E-state index contributed by atoms with van der Waals surface area (Å²) in [6.07, 6.45) is 7.57. The number of carbonyl (C=O) groups excluding carboxylic acids is 1. The average molecular weight is 283 g/mol. The van der Waals surface area contributed by atoms with Crippen LogP contribution < -0.4 is 5.73 Å². The molecule has 1 atom stereocenters. The van der Waals surface area contributed by atoms with Crippen LogP contribution in [0.5, 0.6) is 0 Å². The quantitative estimate of drug-likeness (QED) is 0.269. The van der Waals surface area contributed by atoms with Crippen molar-refractivity contribution in [3.63, 3.8) is 0 Å². The highest BCUT2D eigenvalue weighted by atomic mass is 16.5. The van der Waals surface area contributed by atoms with Crippen LogP contribution in [-0.2, 0) is 9.53 Å². The molecule has 0 aromatic carbocycles. The Morgan fingerprint density at radius 2 is 2.00 bits per heavy atom. The molecule has 1 heterocycles. The van der Waals surface area contributed by atoms with Gasteiger partial charge in [-0.25, -0.2) is 0 Å². The number of carbonyl (C=O) groups is 1. The van der Waals surface area contributed by atoms with E-state index in [2.05, 4.69) is 5.16 Å². The van der Waals surface area contributed by atoms with Crippen LogP contribution in [-0.4, -0.2) is 47.7 Å². The molecule has 0 aromatic heterocycles. The molecule has 3 N–H and O–H groups in total. The summed E-state index contributed by atoms with van der Waals surface area (Å²) >= 11 is 0. The minimum absolute atomic E-state index is 0.0389. The number of hydrogen-bond donors (Lipinski definition) is 2. The van der Waals surface area contributed by atoms with Gasteiger partial charge in [-0.05, 0) is 18.8 Å². The fraction of sp³-hybridized carbons (Fsp3) is 0.857. The molecule has 1 unspecified atom stereocenters. The van der Waals surface area contributed by atoms with Gasteiger partial charge >= 0.3 is 0 Å². The number of nitrogens with zero attached hydrogens (tertiary/aromatic N) is 2. The van der Waals surface area contributed by atoms with E-state index in [1.807, 2.05) is 0 Å². The molecule has 1 saturated carbocycles. The summed E-state index contributed by atoms with van der Waals surface area (Å²) in [5.74, 6) is 0.739. The van der Waals surface area contributed by atoms with E-state index in [0.717, 1.165) is 0 Å². The number of amidine groups is 1. The number of nitrogens with two attached hydrogens (primary N) is 1. The Morgan fingerprint density at radius 3 is 2.65 bits per heavy atom. The van der Waals surface area contributed by atoms with Crippen molar-refractivity contribution in [2.75, 3.05) is 19.7 Å². The first-order chi connectivity index (χ1) is 9.70. The molecular formula is C14H25N3O3. The molecule has 2 fully saturated rings. The molecule has 1 aliphatic carbocycles. The summed E-state index contributed by atoms with van der Waals surface area (Å²) in [5, 5.41) is 11.6. The van der Waals surface area contributed by atoms with Crippen molar-refractivity contribution < 1.29 is 14.7 Å². The fourth-order valence-electron chi connectivity index (χ4n) is 3.06. The van der Waals surface area contributed by atoms with Gasteiger partial charge in [0, 0.05) is 13.0 Å². The van der Waals surface area contributed by atoms with E-state index in [4.69, 9.17) is 15.7 Å². The maximum atomic E-state index is 12.4. The first kappa shape index (κ1) is 15.1. The molecule has 2 aliphatic rings.